The summed E-state index contributed by atoms with van der Waals surface area (Å²) in [5.41, 5.74) is 3.20. The molecule has 1 aliphatic carbocycles. The number of hydrogen-bond donors (Lipinski definition) is 0. The van der Waals surface area contributed by atoms with Crippen LogP contribution in [0.5, 0.6) is 0 Å². The van der Waals surface area contributed by atoms with Crippen molar-refractivity contribution in [2.24, 2.45) is 0 Å². The molecule has 0 bridgehead atoms. The van der Waals surface area contributed by atoms with Crippen molar-refractivity contribution in [2.75, 3.05) is 0 Å². The Morgan fingerprint density at radius 1 is 1.11 bits per heavy atom. The lowest BCUT2D eigenvalue weighted by Crippen LogP contribution is -2.06. The highest BCUT2D eigenvalue weighted by Crippen LogP contribution is 2.27. The molecule has 1 nitrogen and oxygen atoms in total. The van der Waals surface area contributed by atoms with E-state index in [2.05, 4.69) is 15.9 Å². The molecule has 1 aliphatic rings. The lowest BCUT2D eigenvalue weighted by atomic mass is 9.99. The van der Waals surface area contributed by atoms with E-state index in [1.807, 2.05) is 12.1 Å². The predicted molar refractivity (Wildman–Crippen MR) is 76.0 cm³/mol. The number of aryl methyl sites for hydroxylation is 2. The monoisotopic (exact) mass is 318 g/mol. The minimum Gasteiger partial charge on any atom is -0.288 e. The van der Waals surface area contributed by atoms with Gasteiger partial charge in [0.1, 0.15) is 5.82 Å². The van der Waals surface area contributed by atoms with Gasteiger partial charge in [-0.2, -0.15) is 0 Å². The first-order chi connectivity index (χ1) is 9.16. The average molecular weight is 319 g/mol. The Balaban J connectivity index is 2.05. The first kappa shape index (κ1) is 12.5. The summed E-state index contributed by atoms with van der Waals surface area (Å²) < 4.78 is 14.3. The molecule has 3 rings (SSSR count). The molecule has 0 N–H and O–H groups in total. The van der Waals surface area contributed by atoms with E-state index in [4.69, 9.17) is 0 Å². The van der Waals surface area contributed by atoms with Gasteiger partial charge < -0.3 is 0 Å². The first-order valence-electron chi connectivity index (χ1n) is 6.27. The highest BCUT2D eigenvalue weighted by atomic mass is 79.9. The number of benzene rings is 2. The zero-order chi connectivity index (χ0) is 13.4. The van der Waals surface area contributed by atoms with E-state index in [9.17, 15) is 9.18 Å². The maximum absolute atomic E-state index is 13.8. The van der Waals surface area contributed by atoms with E-state index >= 15 is 0 Å². The van der Waals surface area contributed by atoms with Crippen molar-refractivity contribution >= 4 is 21.7 Å². The van der Waals surface area contributed by atoms with Gasteiger partial charge in [0.15, 0.2) is 5.78 Å². The van der Waals surface area contributed by atoms with Gasteiger partial charge in [-0.05, 0) is 64.5 Å². The second kappa shape index (κ2) is 4.89. The molecular weight excluding hydrogens is 307 g/mol. The first-order valence-corrected chi connectivity index (χ1v) is 7.06. The van der Waals surface area contributed by atoms with Crippen LogP contribution in [0.25, 0.3) is 0 Å². The molecule has 0 heterocycles. The normalized spacial score (nSPS) is 13.4. The van der Waals surface area contributed by atoms with Crippen molar-refractivity contribution in [3.8, 4) is 0 Å². The number of rotatable bonds is 2. The number of carbonyl (C=O) groups is 1. The SMILES string of the molecule is O=C(c1ccc2c(c1)CCC2)c1c(F)cccc1Br. The molecule has 0 saturated heterocycles. The number of fused-ring (bicyclic) bond motifs is 1. The molecule has 0 amide bonds. The van der Waals surface area contributed by atoms with Gasteiger partial charge in [-0.3, -0.25) is 4.79 Å². The molecule has 19 heavy (non-hydrogen) atoms. The Hall–Kier alpha value is -1.48. The van der Waals surface area contributed by atoms with Crippen molar-refractivity contribution in [3.05, 3.63) is 68.9 Å². The zero-order valence-electron chi connectivity index (χ0n) is 10.2. The maximum atomic E-state index is 13.8. The van der Waals surface area contributed by atoms with Crippen LogP contribution in [0.2, 0.25) is 0 Å². The third kappa shape index (κ3) is 2.23. The average Bonchev–Trinajstić information content (AvgIpc) is 2.85. The Bertz CT molecular complexity index is 644. The van der Waals surface area contributed by atoms with Crippen LogP contribution in [0.4, 0.5) is 4.39 Å². The fourth-order valence-corrected chi connectivity index (χ4v) is 3.09. The van der Waals surface area contributed by atoms with Crippen molar-refractivity contribution in [2.45, 2.75) is 19.3 Å². The van der Waals surface area contributed by atoms with E-state index in [1.54, 1.807) is 18.2 Å². The minimum absolute atomic E-state index is 0.112. The molecular formula is C16H12BrFO. The van der Waals surface area contributed by atoms with Crippen LogP contribution in [0.1, 0.15) is 33.5 Å². The smallest absolute Gasteiger partial charge is 0.197 e. The number of ketones is 1. The predicted octanol–water partition coefficient (Wildman–Crippen LogP) is 4.31. The summed E-state index contributed by atoms with van der Waals surface area (Å²) in [7, 11) is 0. The van der Waals surface area contributed by atoms with Gasteiger partial charge in [0.25, 0.3) is 0 Å². The summed E-state index contributed by atoms with van der Waals surface area (Å²) in [5.74, 6) is -0.750. The third-order valence-corrected chi connectivity index (χ3v) is 4.21. The molecule has 0 radical (unpaired) electrons. The number of hydrogen-bond acceptors (Lipinski definition) is 1. The maximum Gasteiger partial charge on any atom is 0.197 e. The standard InChI is InChI=1S/C16H12BrFO/c17-13-5-2-6-14(18)15(13)16(19)12-8-7-10-3-1-4-11(10)9-12/h2,5-9H,1,3-4H2. The van der Waals surface area contributed by atoms with Gasteiger partial charge in [-0.15, -0.1) is 0 Å². The van der Waals surface area contributed by atoms with E-state index in [0.717, 1.165) is 19.3 Å². The van der Waals surface area contributed by atoms with Gasteiger partial charge >= 0.3 is 0 Å². The fraction of sp³-hybridized carbons (Fsp3) is 0.188. The van der Waals surface area contributed by atoms with Gasteiger partial charge in [0, 0.05) is 10.0 Å². The van der Waals surface area contributed by atoms with Crippen molar-refractivity contribution < 1.29 is 9.18 Å². The Morgan fingerprint density at radius 3 is 2.68 bits per heavy atom. The summed E-state index contributed by atoms with van der Waals surface area (Å²) in [6.07, 6.45) is 3.22. The van der Waals surface area contributed by atoms with Crippen molar-refractivity contribution in [1.82, 2.24) is 0 Å². The molecule has 0 saturated carbocycles. The van der Waals surface area contributed by atoms with E-state index < -0.39 is 5.82 Å². The largest absolute Gasteiger partial charge is 0.288 e. The molecule has 96 valence electrons. The van der Waals surface area contributed by atoms with E-state index in [1.165, 1.54) is 17.2 Å². The summed E-state index contributed by atoms with van der Waals surface area (Å²) in [6, 6.07) is 10.3. The lowest BCUT2D eigenvalue weighted by Gasteiger charge is -2.07. The molecule has 0 aromatic heterocycles. The quantitative estimate of drug-likeness (QED) is 0.754. The molecule has 0 atom stereocenters. The topological polar surface area (TPSA) is 17.1 Å². The molecule has 2 aromatic carbocycles. The fourth-order valence-electron chi connectivity index (χ4n) is 2.57. The number of halogens is 2. The second-order valence-electron chi connectivity index (χ2n) is 4.76. The Labute approximate surface area is 119 Å². The molecule has 0 aliphatic heterocycles. The Kier molecular flexibility index (Phi) is 3.23. The van der Waals surface area contributed by atoms with E-state index in [0.29, 0.717) is 10.0 Å². The van der Waals surface area contributed by atoms with E-state index in [-0.39, 0.29) is 11.3 Å². The molecule has 2 aromatic rings. The van der Waals surface area contributed by atoms with Crippen LogP contribution in [0.3, 0.4) is 0 Å². The summed E-state index contributed by atoms with van der Waals surface area (Å²) in [6.45, 7) is 0. The lowest BCUT2D eigenvalue weighted by molar-refractivity contribution is 0.103. The van der Waals surface area contributed by atoms with Crippen LogP contribution in [0.15, 0.2) is 40.9 Å². The minimum atomic E-state index is -0.486. The third-order valence-electron chi connectivity index (χ3n) is 3.55. The van der Waals surface area contributed by atoms with Crippen molar-refractivity contribution in [1.29, 1.82) is 0 Å². The van der Waals surface area contributed by atoms with Gasteiger partial charge in [-0.1, -0.05) is 18.2 Å². The summed E-state index contributed by atoms with van der Waals surface area (Å²) >= 11 is 3.25. The van der Waals surface area contributed by atoms with Crippen LogP contribution >= 0.6 is 15.9 Å². The van der Waals surface area contributed by atoms with Gasteiger partial charge in [0.05, 0.1) is 5.56 Å². The summed E-state index contributed by atoms with van der Waals surface area (Å²) in [4.78, 5) is 12.4. The van der Waals surface area contributed by atoms with Crippen LogP contribution in [0, 0.1) is 5.82 Å². The zero-order valence-corrected chi connectivity index (χ0v) is 11.8. The summed E-state index contributed by atoms with van der Waals surface area (Å²) in [5, 5.41) is 0. The van der Waals surface area contributed by atoms with Crippen molar-refractivity contribution in [3.63, 3.8) is 0 Å². The molecule has 0 fully saturated rings. The number of carbonyl (C=O) groups excluding carboxylic acids is 1. The second-order valence-corrected chi connectivity index (χ2v) is 5.62. The Morgan fingerprint density at radius 2 is 1.89 bits per heavy atom. The van der Waals surface area contributed by atoms with Crippen LogP contribution in [-0.2, 0) is 12.8 Å². The van der Waals surface area contributed by atoms with Crippen LogP contribution < -0.4 is 0 Å². The molecule has 0 spiro atoms. The van der Waals surface area contributed by atoms with Crippen LogP contribution in [-0.4, -0.2) is 5.78 Å². The van der Waals surface area contributed by atoms with Gasteiger partial charge in [0.2, 0.25) is 0 Å². The molecule has 0 unspecified atom stereocenters. The molecule has 3 heteroatoms. The highest BCUT2D eigenvalue weighted by Gasteiger charge is 2.19. The van der Waals surface area contributed by atoms with Gasteiger partial charge in [-0.25, -0.2) is 4.39 Å². The highest BCUT2D eigenvalue weighted by molar-refractivity contribution is 9.10.